The number of thiophene rings is 1. The van der Waals surface area contributed by atoms with E-state index >= 15 is 0 Å². The van der Waals surface area contributed by atoms with Gasteiger partial charge in [0.1, 0.15) is 0 Å². The lowest BCUT2D eigenvalue weighted by Gasteiger charge is -2.32. The van der Waals surface area contributed by atoms with Crippen LogP contribution in [0.25, 0.3) is 0 Å². The fourth-order valence-corrected chi connectivity index (χ4v) is 6.28. The molecule has 0 saturated carbocycles. The largest absolute Gasteiger partial charge is 0.388 e. The number of hydrogen-bond donors (Lipinski definition) is 1. The van der Waals surface area contributed by atoms with Crippen LogP contribution in [0.3, 0.4) is 0 Å². The Hall–Kier alpha value is -0.870. The molecular formula is C23H30ClNOS. The smallest absolute Gasteiger partial charge is 0.0815 e. The van der Waals surface area contributed by atoms with Gasteiger partial charge >= 0.3 is 0 Å². The molecular weight excluding hydrogens is 374 g/mol. The molecule has 2 aliphatic rings. The molecule has 4 heteroatoms. The first-order valence-electron chi connectivity index (χ1n) is 10.4. The number of aliphatic hydroxyl groups is 1. The number of fused-ring (bicyclic) bond motifs is 1. The van der Waals surface area contributed by atoms with E-state index in [1.165, 1.54) is 65.0 Å². The highest BCUT2D eigenvalue weighted by Gasteiger charge is 2.25. The van der Waals surface area contributed by atoms with Crippen molar-refractivity contribution in [1.82, 2.24) is 4.90 Å². The molecule has 1 aromatic heterocycles. The van der Waals surface area contributed by atoms with E-state index in [2.05, 4.69) is 24.0 Å². The van der Waals surface area contributed by atoms with Crippen molar-refractivity contribution in [1.29, 1.82) is 0 Å². The molecule has 1 N–H and O–H groups in total. The highest BCUT2D eigenvalue weighted by atomic mass is 35.5. The van der Waals surface area contributed by atoms with Gasteiger partial charge in [-0.25, -0.2) is 0 Å². The van der Waals surface area contributed by atoms with E-state index in [0.717, 1.165) is 31.1 Å². The Kier molecular flexibility index (Phi) is 6.23. The van der Waals surface area contributed by atoms with Crippen molar-refractivity contribution in [2.24, 2.45) is 0 Å². The van der Waals surface area contributed by atoms with Crippen LogP contribution in [-0.4, -0.2) is 29.6 Å². The average molecular weight is 404 g/mol. The summed E-state index contributed by atoms with van der Waals surface area (Å²) in [5.74, 6) is 0.648. The summed E-state index contributed by atoms with van der Waals surface area (Å²) in [6, 6.07) is 8.36. The zero-order chi connectivity index (χ0) is 18.8. The fourth-order valence-electron chi connectivity index (χ4n) is 4.84. The molecule has 0 bridgehead atoms. The summed E-state index contributed by atoms with van der Waals surface area (Å²) in [5.41, 5.74) is 4.17. The normalized spacial score (nSPS) is 19.8. The topological polar surface area (TPSA) is 23.5 Å². The maximum absolute atomic E-state index is 10.9. The molecule has 2 heterocycles. The zero-order valence-corrected chi connectivity index (χ0v) is 17.8. The first-order valence-corrected chi connectivity index (χ1v) is 11.6. The Morgan fingerprint density at radius 3 is 2.59 bits per heavy atom. The average Bonchev–Trinajstić information content (AvgIpc) is 3.03. The van der Waals surface area contributed by atoms with Crippen LogP contribution in [-0.2, 0) is 12.8 Å². The molecule has 0 amide bonds. The van der Waals surface area contributed by atoms with Crippen molar-refractivity contribution in [2.45, 2.75) is 63.9 Å². The van der Waals surface area contributed by atoms with Crippen LogP contribution in [0.2, 0.25) is 5.02 Å². The van der Waals surface area contributed by atoms with Gasteiger partial charge in [0.25, 0.3) is 0 Å². The summed E-state index contributed by atoms with van der Waals surface area (Å²) in [6.07, 6.45) is 7.93. The van der Waals surface area contributed by atoms with Crippen LogP contribution in [0.4, 0.5) is 0 Å². The van der Waals surface area contributed by atoms with Gasteiger partial charge in [0.2, 0.25) is 0 Å². The van der Waals surface area contributed by atoms with E-state index in [0.29, 0.717) is 5.92 Å². The Labute approximate surface area is 172 Å². The molecule has 1 atom stereocenters. The van der Waals surface area contributed by atoms with E-state index in [1.54, 1.807) is 0 Å². The monoisotopic (exact) mass is 403 g/mol. The molecule has 1 saturated heterocycles. The van der Waals surface area contributed by atoms with Gasteiger partial charge in [0.05, 0.1) is 6.10 Å². The zero-order valence-electron chi connectivity index (χ0n) is 16.2. The number of likely N-dealkylation sites (tertiary alicyclic amines) is 1. The molecule has 1 aromatic carbocycles. The van der Waals surface area contributed by atoms with Crippen LogP contribution in [0.15, 0.2) is 24.3 Å². The van der Waals surface area contributed by atoms with Crippen molar-refractivity contribution in [3.05, 3.63) is 55.7 Å². The van der Waals surface area contributed by atoms with E-state index in [4.69, 9.17) is 11.6 Å². The van der Waals surface area contributed by atoms with Gasteiger partial charge < -0.3 is 10.0 Å². The fraction of sp³-hybridized carbons (Fsp3) is 0.565. The number of rotatable bonds is 5. The maximum atomic E-state index is 10.9. The summed E-state index contributed by atoms with van der Waals surface area (Å²) in [4.78, 5) is 5.41. The molecule has 146 valence electrons. The predicted molar refractivity (Wildman–Crippen MR) is 115 cm³/mol. The van der Waals surface area contributed by atoms with Gasteiger partial charge in [-0.15, -0.1) is 11.3 Å². The predicted octanol–water partition coefficient (Wildman–Crippen LogP) is 5.89. The third kappa shape index (κ3) is 4.42. The molecule has 0 radical (unpaired) electrons. The number of hydrogen-bond acceptors (Lipinski definition) is 3. The molecule has 2 aromatic rings. The minimum atomic E-state index is -0.294. The first kappa shape index (κ1) is 19.4. The van der Waals surface area contributed by atoms with E-state index < -0.39 is 0 Å². The summed E-state index contributed by atoms with van der Waals surface area (Å²) in [7, 11) is 0. The number of aliphatic hydroxyl groups excluding tert-OH is 1. The lowest BCUT2D eigenvalue weighted by Crippen LogP contribution is -2.34. The quantitative estimate of drug-likeness (QED) is 0.672. The van der Waals surface area contributed by atoms with Crippen LogP contribution in [0, 0.1) is 6.92 Å². The summed E-state index contributed by atoms with van der Waals surface area (Å²) in [6.45, 7) is 5.44. The van der Waals surface area contributed by atoms with Gasteiger partial charge in [-0.2, -0.15) is 0 Å². The van der Waals surface area contributed by atoms with Crippen molar-refractivity contribution in [2.75, 3.05) is 19.6 Å². The minimum Gasteiger partial charge on any atom is -0.388 e. The van der Waals surface area contributed by atoms with E-state index in [1.807, 2.05) is 23.5 Å². The molecule has 1 unspecified atom stereocenters. The number of halogens is 1. The second-order valence-electron chi connectivity index (χ2n) is 8.15. The molecule has 0 spiro atoms. The molecule has 1 fully saturated rings. The Morgan fingerprint density at radius 1 is 1.15 bits per heavy atom. The van der Waals surface area contributed by atoms with Crippen molar-refractivity contribution in [3.63, 3.8) is 0 Å². The number of aryl methyl sites for hydroxylation is 2. The van der Waals surface area contributed by atoms with Gasteiger partial charge in [0, 0.05) is 21.3 Å². The van der Waals surface area contributed by atoms with Crippen LogP contribution in [0.5, 0.6) is 0 Å². The van der Waals surface area contributed by atoms with Crippen molar-refractivity contribution >= 4 is 22.9 Å². The molecule has 27 heavy (non-hydrogen) atoms. The van der Waals surface area contributed by atoms with Crippen molar-refractivity contribution < 1.29 is 5.11 Å². The Bertz CT molecular complexity index is 761. The summed E-state index contributed by atoms with van der Waals surface area (Å²) < 4.78 is 0. The van der Waals surface area contributed by atoms with Gasteiger partial charge in [-0.1, -0.05) is 23.7 Å². The lowest BCUT2D eigenvalue weighted by molar-refractivity contribution is 0.129. The highest BCUT2D eigenvalue weighted by molar-refractivity contribution is 7.12. The van der Waals surface area contributed by atoms with Gasteiger partial charge in [0.15, 0.2) is 0 Å². The molecule has 1 aliphatic carbocycles. The highest BCUT2D eigenvalue weighted by Crippen LogP contribution is 2.38. The molecule has 2 nitrogen and oxygen atoms in total. The Morgan fingerprint density at radius 2 is 1.85 bits per heavy atom. The SMILES string of the molecule is Cc1sc2c(c1C(O)CCN1CCC(c3ccc(Cl)cc3)CC1)CCCC2. The number of benzene rings is 1. The third-order valence-corrected chi connectivity index (χ3v) is 7.85. The van der Waals surface area contributed by atoms with Crippen LogP contribution < -0.4 is 0 Å². The maximum Gasteiger partial charge on any atom is 0.0815 e. The summed E-state index contributed by atoms with van der Waals surface area (Å²) in [5, 5.41) is 11.7. The lowest BCUT2D eigenvalue weighted by atomic mass is 9.89. The third-order valence-electron chi connectivity index (χ3n) is 6.38. The second-order valence-corrected chi connectivity index (χ2v) is 9.90. The molecule has 4 rings (SSSR count). The van der Waals surface area contributed by atoms with Crippen molar-refractivity contribution in [3.8, 4) is 0 Å². The summed E-state index contributed by atoms with van der Waals surface area (Å²) >= 11 is 7.93. The standard InChI is InChI=1S/C23H30ClNOS/c1-16-23(20-4-2-3-5-22(20)27-16)21(26)12-15-25-13-10-18(11-14-25)17-6-8-19(24)9-7-17/h6-9,18,21,26H,2-5,10-15H2,1H3. The Balaban J connectivity index is 1.30. The van der Waals surface area contributed by atoms with E-state index in [9.17, 15) is 5.11 Å². The number of nitrogens with zero attached hydrogens (tertiary/aromatic N) is 1. The first-order chi connectivity index (χ1) is 13.1. The van der Waals surface area contributed by atoms with Gasteiger partial charge in [-0.05, 0) is 99.7 Å². The van der Waals surface area contributed by atoms with E-state index in [-0.39, 0.29) is 6.10 Å². The minimum absolute atomic E-state index is 0.294. The number of piperidine rings is 1. The van der Waals surface area contributed by atoms with Crippen LogP contribution >= 0.6 is 22.9 Å². The molecule has 1 aliphatic heterocycles. The van der Waals surface area contributed by atoms with Crippen LogP contribution in [0.1, 0.15) is 70.6 Å². The second kappa shape index (κ2) is 8.65. The van der Waals surface area contributed by atoms with Gasteiger partial charge in [-0.3, -0.25) is 0 Å².